The Kier molecular flexibility index (Phi) is 2.70. The maximum Gasteiger partial charge on any atom is 0.0473 e. The van der Waals surface area contributed by atoms with Crippen LogP contribution in [0, 0.1) is 11.8 Å². The molecule has 0 fully saturated rings. The molecule has 0 saturated carbocycles. The minimum absolute atomic E-state index is 0.846. The van der Waals surface area contributed by atoms with E-state index in [0.29, 0.717) is 0 Å². The van der Waals surface area contributed by atoms with Crippen molar-refractivity contribution in [2.24, 2.45) is 4.99 Å². The molecule has 1 heteroatoms. The summed E-state index contributed by atoms with van der Waals surface area (Å²) < 4.78 is 0. The summed E-state index contributed by atoms with van der Waals surface area (Å²) in [4.78, 5) is 4.44. The van der Waals surface area contributed by atoms with Crippen LogP contribution in [0.15, 0.2) is 53.5 Å². The van der Waals surface area contributed by atoms with Crippen molar-refractivity contribution in [3.63, 3.8) is 0 Å². The molecule has 0 N–H and O–H groups in total. The average molecular weight is 231 g/mol. The van der Waals surface area contributed by atoms with E-state index in [2.05, 4.69) is 47.2 Å². The Bertz CT molecular complexity index is 684. The summed E-state index contributed by atoms with van der Waals surface area (Å²) in [5.74, 6) is 6.52. The summed E-state index contributed by atoms with van der Waals surface area (Å²) in [6, 6.07) is 16.5. The minimum atomic E-state index is 0.846. The molecule has 0 amide bonds. The van der Waals surface area contributed by atoms with E-state index in [1.807, 2.05) is 25.2 Å². The van der Waals surface area contributed by atoms with Gasteiger partial charge in [0.1, 0.15) is 0 Å². The number of aliphatic imine (C=N–C) groups is 1. The van der Waals surface area contributed by atoms with Crippen molar-refractivity contribution >= 4 is 5.71 Å². The highest BCUT2D eigenvalue weighted by atomic mass is 14.7. The summed E-state index contributed by atoms with van der Waals surface area (Å²) in [5.41, 5.74) is 5.68. The zero-order valence-corrected chi connectivity index (χ0v) is 10.3. The number of hydrogen-bond acceptors (Lipinski definition) is 1. The van der Waals surface area contributed by atoms with Crippen LogP contribution in [-0.4, -0.2) is 12.8 Å². The molecule has 0 bridgehead atoms. The van der Waals surface area contributed by atoms with Crippen molar-refractivity contribution in [3.8, 4) is 11.8 Å². The van der Waals surface area contributed by atoms with Crippen LogP contribution in [0.25, 0.3) is 0 Å². The summed E-state index contributed by atoms with van der Waals surface area (Å²) >= 11 is 0. The highest BCUT2D eigenvalue weighted by Gasteiger charge is 2.12. The van der Waals surface area contributed by atoms with Gasteiger partial charge in [0.15, 0.2) is 0 Å². The highest BCUT2D eigenvalue weighted by molar-refractivity contribution is 6.04. The van der Waals surface area contributed by atoms with Gasteiger partial charge in [0.05, 0.1) is 0 Å². The molecule has 0 radical (unpaired) electrons. The maximum absolute atomic E-state index is 4.44. The van der Waals surface area contributed by atoms with E-state index >= 15 is 0 Å². The van der Waals surface area contributed by atoms with E-state index in [1.165, 1.54) is 5.56 Å². The predicted molar refractivity (Wildman–Crippen MR) is 75.0 cm³/mol. The Balaban J connectivity index is 2.26. The minimum Gasteiger partial charge on any atom is -0.292 e. The molecule has 18 heavy (non-hydrogen) atoms. The Morgan fingerprint density at radius 3 is 2.39 bits per heavy atom. The maximum atomic E-state index is 4.44. The molecule has 0 heterocycles. The van der Waals surface area contributed by atoms with Gasteiger partial charge in [0.25, 0.3) is 0 Å². The first-order valence-electron chi connectivity index (χ1n) is 6.03. The Morgan fingerprint density at radius 2 is 1.56 bits per heavy atom. The molecular weight excluding hydrogens is 218 g/mol. The quantitative estimate of drug-likeness (QED) is 0.618. The molecule has 0 unspecified atom stereocenters. The molecular formula is C17H13N. The Labute approximate surface area is 107 Å². The monoisotopic (exact) mass is 231 g/mol. The number of hydrogen-bond donors (Lipinski definition) is 0. The van der Waals surface area contributed by atoms with Crippen LogP contribution in [0.5, 0.6) is 0 Å². The SMILES string of the molecule is C/N=C1\Cc2ccccc2C#Cc2ccccc21. The fourth-order valence-electron chi connectivity index (χ4n) is 2.25. The van der Waals surface area contributed by atoms with Crippen molar-refractivity contribution in [2.45, 2.75) is 6.42 Å². The van der Waals surface area contributed by atoms with Crippen LogP contribution in [-0.2, 0) is 6.42 Å². The van der Waals surface area contributed by atoms with E-state index in [-0.39, 0.29) is 0 Å². The second kappa shape index (κ2) is 4.50. The first kappa shape index (κ1) is 10.8. The second-order valence-electron chi connectivity index (χ2n) is 4.30. The molecule has 1 nitrogen and oxygen atoms in total. The number of benzene rings is 2. The summed E-state index contributed by atoms with van der Waals surface area (Å²) in [6.45, 7) is 0. The van der Waals surface area contributed by atoms with Crippen LogP contribution in [0.4, 0.5) is 0 Å². The summed E-state index contributed by atoms with van der Waals surface area (Å²) in [5, 5.41) is 0. The van der Waals surface area contributed by atoms with Crippen LogP contribution in [0.2, 0.25) is 0 Å². The van der Waals surface area contributed by atoms with Crippen LogP contribution < -0.4 is 0 Å². The van der Waals surface area contributed by atoms with Crippen molar-refractivity contribution in [1.29, 1.82) is 0 Å². The molecule has 0 aliphatic heterocycles. The molecule has 86 valence electrons. The van der Waals surface area contributed by atoms with Gasteiger partial charge >= 0.3 is 0 Å². The topological polar surface area (TPSA) is 12.4 Å². The standard InChI is InChI=1S/C17H13N/c1-18-17-12-15-8-3-2-6-13(15)10-11-14-7-4-5-9-16(14)17/h2-9H,12H2,1H3/b18-17+. The fourth-order valence-corrected chi connectivity index (χ4v) is 2.25. The van der Waals surface area contributed by atoms with Gasteiger partial charge in [-0.1, -0.05) is 48.2 Å². The van der Waals surface area contributed by atoms with Crippen molar-refractivity contribution < 1.29 is 0 Å². The molecule has 0 aromatic heterocycles. The number of fused-ring (bicyclic) bond motifs is 2. The number of nitrogens with zero attached hydrogens (tertiary/aromatic N) is 1. The normalized spacial score (nSPS) is 14.8. The van der Waals surface area contributed by atoms with Gasteiger partial charge in [-0.2, -0.15) is 0 Å². The third-order valence-corrected chi connectivity index (χ3v) is 3.21. The van der Waals surface area contributed by atoms with E-state index < -0.39 is 0 Å². The lowest BCUT2D eigenvalue weighted by Crippen LogP contribution is -2.10. The first-order chi connectivity index (χ1) is 8.88. The molecule has 1 aliphatic rings. The van der Waals surface area contributed by atoms with Gasteiger partial charge in [-0.15, -0.1) is 0 Å². The molecule has 0 spiro atoms. The van der Waals surface area contributed by atoms with E-state index in [4.69, 9.17) is 0 Å². The lowest BCUT2D eigenvalue weighted by molar-refractivity contribution is 1.25. The largest absolute Gasteiger partial charge is 0.292 e. The van der Waals surface area contributed by atoms with Crippen LogP contribution in [0.1, 0.15) is 22.3 Å². The zero-order valence-electron chi connectivity index (χ0n) is 10.3. The molecule has 2 aromatic carbocycles. The summed E-state index contributed by atoms with van der Waals surface area (Å²) in [6.07, 6.45) is 0.846. The van der Waals surface area contributed by atoms with E-state index in [1.54, 1.807) is 0 Å². The first-order valence-corrected chi connectivity index (χ1v) is 6.03. The molecule has 3 rings (SSSR count). The third kappa shape index (κ3) is 1.83. The molecule has 0 atom stereocenters. The smallest absolute Gasteiger partial charge is 0.0473 e. The van der Waals surface area contributed by atoms with Crippen LogP contribution in [0.3, 0.4) is 0 Å². The van der Waals surface area contributed by atoms with Crippen molar-refractivity contribution in [2.75, 3.05) is 7.05 Å². The van der Waals surface area contributed by atoms with Gasteiger partial charge in [-0.25, -0.2) is 0 Å². The van der Waals surface area contributed by atoms with Crippen molar-refractivity contribution in [1.82, 2.24) is 0 Å². The van der Waals surface area contributed by atoms with E-state index in [9.17, 15) is 0 Å². The Hall–Kier alpha value is -2.33. The van der Waals surface area contributed by atoms with Crippen molar-refractivity contribution in [3.05, 3.63) is 70.8 Å². The third-order valence-electron chi connectivity index (χ3n) is 3.21. The van der Waals surface area contributed by atoms with Gasteiger partial charge < -0.3 is 0 Å². The van der Waals surface area contributed by atoms with Gasteiger partial charge in [-0.3, -0.25) is 4.99 Å². The van der Waals surface area contributed by atoms with Gasteiger partial charge in [0, 0.05) is 35.9 Å². The molecule has 0 saturated heterocycles. The predicted octanol–water partition coefficient (Wildman–Crippen LogP) is 3.06. The van der Waals surface area contributed by atoms with Gasteiger partial charge in [0.2, 0.25) is 0 Å². The molecule has 2 aromatic rings. The lowest BCUT2D eigenvalue weighted by atomic mass is 9.93. The Morgan fingerprint density at radius 1 is 0.889 bits per heavy atom. The zero-order chi connectivity index (χ0) is 12.4. The van der Waals surface area contributed by atoms with Crippen LogP contribution >= 0.6 is 0 Å². The highest BCUT2D eigenvalue weighted by Crippen LogP contribution is 2.18. The fraction of sp³-hybridized carbons (Fsp3) is 0.118. The lowest BCUT2D eigenvalue weighted by Gasteiger charge is -2.12. The number of rotatable bonds is 0. The molecule has 1 aliphatic carbocycles. The average Bonchev–Trinajstić information content (AvgIpc) is 2.41. The summed E-state index contributed by atoms with van der Waals surface area (Å²) in [7, 11) is 1.85. The van der Waals surface area contributed by atoms with Gasteiger partial charge in [-0.05, 0) is 17.7 Å². The second-order valence-corrected chi connectivity index (χ2v) is 4.30. The van der Waals surface area contributed by atoms with E-state index in [0.717, 1.165) is 28.8 Å².